The van der Waals surface area contributed by atoms with Gasteiger partial charge in [0.1, 0.15) is 5.82 Å². The van der Waals surface area contributed by atoms with Crippen LogP contribution in [0, 0.1) is 15.9 Å². The third-order valence-corrected chi connectivity index (χ3v) is 2.67. The summed E-state index contributed by atoms with van der Waals surface area (Å²) in [5, 5.41) is 15.5. The van der Waals surface area contributed by atoms with Crippen LogP contribution in [0.1, 0.15) is 5.56 Å². The lowest BCUT2D eigenvalue weighted by Crippen LogP contribution is -2.23. The van der Waals surface area contributed by atoms with Crippen LogP contribution in [0.5, 0.6) is 0 Å². The van der Waals surface area contributed by atoms with E-state index >= 15 is 0 Å². The Kier molecular flexibility index (Phi) is 4.81. The van der Waals surface area contributed by atoms with Gasteiger partial charge in [-0.15, -0.1) is 0 Å². The number of rotatable bonds is 4. The summed E-state index contributed by atoms with van der Waals surface area (Å²) < 4.78 is 12.9. The molecule has 2 rings (SSSR count). The van der Waals surface area contributed by atoms with Gasteiger partial charge in [0.25, 0.3) is 5.69 Å². The van der Waals surface area contributed by atoms with E-state index in [1.165, 1.54) is 42.6 Å². The van der Waals surface area contributed by atoms with Crippen molar-refractivity contribution in [2.45, 2.75) is 0 Å². The van der Waals surface area contributed by atoms with Crippen LogP contribution in [0.4, 0.5) is 20.6 Å². The van der Waals surface area contributed by atoms with Crippen molar-refractivity contribution < 1.29 is 14.1 Å². The lowest BCUT2D eigenvalue weighted by Gasteiger charge is -2.04. The summed E-state index contributed by atoms with van der Waals surface area (Å²) in [7, 11) is 0. The third-order valence-electron chi connectivity index (χ3n) is 2.67. The topological polar surface area (TPSA) is 84.3 Å². The first-order valence-electron chi connectivity index (χ1n) is 6.29. The number of nitrogens with one attached hydrogen (secondary N) is 2. The van der Waals surface area contributed by atoms with E-state index in [-0.39, 0.29) is 11.5 Å². The van der Waals surface area contributed by atoms with Crippen LogP contribution in [-0.2, 0) is 0 Å². The number of carbonyl (C=O) groups is 1. The molecular formula is C15H12FN3O3. The molecule has 0 unspecified atom stereocenters. The van der Waals surface area contributed by atoms with Crippen molar-refractivity contribution in [3.63, 3.8) is 0 Å². The standard InChI is InChI=1S/C15H12FN3O3/c16-12-3-1-2-11(10-12)8-9-17-15(20)18-13-4-6-14(7-5-13)19(21)22/h1-10H,(H2,17,18,20)/b9-8+. The molecule has 0 radical (unpaired) electrons. The van der Waals surface area contributed by atoms with Crippen LogP contribution in [0.2, 0.25) is 0 Å². The number of hydrogen-bond acceptors (Lipinski definition) is 3. The minimum atomic E-state index is -0.522. The first kappa shape index (κ1) is 15.2. The number of hydrogen-bond donors (Lipinski definition) is 2. The number of carbonyl (C=O) groups excluding carboxylic acids is 1. The summed E-state index contributed by atoms with van der Waals surface area (Å²) in [6.07, 6.45) is 2.91. The Balaban J connectivity index is 1.89. The maximum absolute atomic E-state index is 12.9. The van der Waals surface area contributed by atoms with Crippen molar-refractivity contribution >= 4 is 23.5 Å². The quantitative estimate of drug-likeness (QED) is 0.669. The maximum atomic E-state index is 12.9. The number of amides is 2. The SMILES string of the molecule is O=C(N/C=C/c1cccc(F)c1)Nc1ccc([N+](=O)[O-])cc1. The van der Waals surface area contributed by atoms with Gasteiger partial charge in [-0.1, -0.05) is 12.1 Å². The smallest absolute Gasteiger partial charge is 0.314 e. The van der Waals surface area contributed by atoms with Crippen LogP contribution >= 0.6 is 0 Å². The van der Waals surface area contributed by atoms with Crippen molar-refractivity contribution in [3.05, 3.63) is 76.2 Å². The van der Waals surface area contributed by atoms with Gasteiger partial charge in [-0.05, 0) is 35.9 Å². The molecule has 112 valence electrons. The summed E-state index contributed by atoms with van der Waals surface area (Å²) in [5.41, 5.74) is 0.967. The Bertz CT molecular complexity index is 714. The highest BCUT2D eigenvalue weighted by Gasteiger charge is 2.05. The molecule has 6 nitrogen and oxygen atoms in total. The highest BCUT2D eigenvalue weighted by Crippen LogP contribution is 2.15. The van der Waals surface area contributed by atoms with Gasteiger partial charge in [0.2, 0.25) is 0 Å². The van der Waals surface area contributed by atoms with Crippen molar-refractivity contribution in [3.8, 4) is 0 Å². The Morgan fingerprint density at radius 1 is 1.18 bits per heavy atom. The summed E-state index contributed by atoms with van der Waals surface area (Å²) in [4.78, 5) is 21.6. The number of nitro benzene ring substituents is 1. The predicted molar refractivity (Wildman–Crippen MR) is 80.7 cm³/mol. The number of nitro groups is 1. The molecule has 2 aromatic rings. The fourth-order valence-electron chi connectivity index (χ4n) is 1.66. The zero-order valence-corrected chi connectivity index (χ0v) is 11.3. The Hall–Kier alpha value is -3.22. The molecule has 0 aromatic heterocycles. The molecule has 0 saturated carbocycles. The molecule has 7 heteroatoms. The summed E-state index contributed by atoms with van der Waals surface area (Å²) in [6, 6.07) is 10.8. The number of non-ortho nitro benzene ring substituents is 1. The number of nitrogens with zero attached hydrogens (tertiary/aromatic N) is 1. The summed E-state index contributed by atoms with van der Waals surface area (Å²) in [6.45, 7) is 0. The summed E-state index contributed by atoms with van der Waals surface area (Å²) >= 11 is 0. The van der Waals surface area contributed by atoms with Gasteiger partial charge in [0.05, 0.1) is 4.92 Å². The zero-order chi connectivity index (χ0) is 15.9. The lowest BCUT2D eigenvalue weighted by molar-refractivity contribution is -0.384. The molecule has 0 spiro atoms. The highest BCUT2D eigenvalue weighted by molar-refractivity contribution is 5.90. The normalized spacial score (nSPS) is 10.4. The van der Waals surface area contributed by atoms with Gasteiger partial charge in [0, 0.05) is 24.0 Å². The molecule has 2 amide bonds. The molecule has 22 heavy (non-hydrogen) atoms. The Morgan fingerprint density at radius 3 is 2.55 bits per heavy atom. The second-order valence-electron chi connectivity index (χ2n) is 4.29. The molecule has 2 aromatic carbocycles. The number of urea groups is 1. The van der Waals surface area contributed by atoms with Crippen LogP contribution in [0.25, 0.3) is 6.08 Å². The maximum Gasteiger partial charge on any atom is 0.323 e. The van der Waals surface area contributed by atoms with E-state index in [9.17, 15) is 19.3 Å². The van der Waals surface area contributed by atoms with Crippen LogP contribution < -0.4 is 10.6 Å². The average Bonchev–Trinajstić information content (AvgIpc) is 2.48. The average molecular weight is 301 g/mol. The molecule has 0 heterocycles. The van der Waals surface area contributed by atoms with Crippen molar-refractivity contribution in [1.82, 2.24) is 5.32 Å². The van der Waals surface area contributed by atoms with Gasteiger partial charge in [0.15, 0.2) is 0 Å². The van der Waals surface area contributed by atoms with Crippen molar-refractivity contribution in [2.24, 2.45) is 0 Å². The van der Waals surface area contributed by atoms with E-state index in [1.54, 1.807) is 18.2 Å². The first-order valence-corrected chi connectivity index (χ1v) is 6.29. The van der Waals surface area contributed by atoms with Gasteiger partial charge < -0.3 is 10.6 Å². The minimum Gasteiger partial charge on any atom is -0.314 e. The predicted octanol–water partition coefficient (Wildman–Crippen LogP) is 3.53. The molecule has 0 aliphatic rings. The van der Waals surface area contributed by atoms with Gasteiger partial charge in [-0.25, -0.2) is 9.18 Å². The third kappa shape index (κ3) is 4.41. The van der Waals surface area contributed by atoms with Crippen LogP contribution in [0.15, 0.2) is 54.7 Å². The molecule has 0 aliphatic heterocycles. The molecule has 2 N–H and O–H groups in total. The number of anilines is 1. The van der Waals surface area contributed by atoms with E-state index < -0.39 is 11.0 Å². The van der Waals surface area contributed by atoms with Crippen molar-refractivity contribution in [1.29, 1.82) is 0 Å². The zero-order valence-electron chi connectivity index (χ0n) is 11.3. The second kappa shape index (κ2) is 6.98. The first-order chi connectivity index (χ1) is 10.5. The fraction of sp³-hybridized carbons (Fsp3) is 0. The van der Waals surface area contributed by atoms with Gasteiger partial charge >= 0.3 is 6.03 Å². The molecule has 0 aliphatic carbocycles. The monoisotopic (exact) mass is 301 g/mol. The number of benzene rings is 2. The lowest BCUT2D eigenvalue weighted by atomic mass is 10.2. The van der Waals surface area contributed by atoms with E-state index in [2.05, 4.69) is 10.6 Å². The number of halogens is 1. The molecule has 0 fully saturated rings. The molecular weight excluding hydrogens is 289 g/mol. The second-order valence-corrected chi connectivity index (χ2v) is 4.29. The van der Waals surface area contributed by atoms with E-state index in [1.807, 2.05) is 0 Å². The van der Waals surface area contributed by atoms with E-state index in [0.717, 1.165) is 0 Å². The van der Waals surface area contributed by atoms with Crippen LogP contribution in [0.3, 0.4) is 0 Å². The minimum absolute atomic E-state index is 0.0584. The van der Waals surface area contributed by atoms with Gasteiger partial charge in [-0.3, -0.25) is 10.1 Å². The molecule has 0 saturated heterocycles. The largest absolute Gasteiger partial charge is 0.323 e. The Morgan fingerprint density at radius 2 is 1.91 bits per heavy atom. The van der Waals surface area contributed by atoms with Gasteiger partial charge in [-0.2, -0.15) is 0 Å². The van der Waals surface area contributed by atoms with Crippen LogP contribution in [-0.4, -0.2) is 11.0 Å². The van der Waals surface area contributed by atoms with E-state index in [4.69, 9.17) is 0 Å². The Labute approximate surface area is 125 Å². The molecule has 0 atom stereocenters. The van der Waals surface area contributed by atoms with Crippen molar-refractivity contribution in [2.75, 3.05) is 5.32 Å². The highest BCUT2D eigenvalue weighted by atomic mass is 19.1. The molecule has 0 bridgehead atoms. The fourth-order valence-corrected chi connectivity index (χ4v) is 1.66. The van der Waals surface area contributed by atoms with E-state index in [0.29, 0.717) is 11.3 Å². The summed E-state index contributed by atoms with van der Waals surface area (Å²) in [5.74, 6) is -0.363.